The molecule has 0 bridgehead atoms. The molecule has 1 aliphatic heterocycles. The summed E-state index contributed by atoms with van der Waals surface area (Å²) in [5.74, 6) is 0. The van der Waals surface area contributed by atoms with Gasteiger partial charge in [0.1, 0.15) is 5.44 Å². The molecule has 0 N–H and O–H groups in total. The van der Waals surface area contributed by atoms with Gasteiger partial charge in [0, 0.05) is 13.1 Å². The summed E-state index contributed by atoms with van der Waals surface area (Å²) in [6.07, 6.45) is 0. The number of morpholine rings is 1. The van der Waals surface area contributed by atoms with Crippen LogP contribution >= 0.6 is 12.6 Å². The van der Waals surface area contributed by atoms with E-state index in [1.807, 2.05) is 0 Å². The van der Waals surface area contributed by atoms with E-state index in [1.165, 1.54) is 0 Å². The molecule has 1 fully saturated rings. The van der Waals surface area contributed by atoms with E-state index >= 15 is 0 Å². The predicted octanol–water partition coefficient (Wildman–Crippen LogP) is 0.594. The van der Waals surface area contributed by atoms with E-state index in [2.05, 4.69) is 24.5 Å². The van der Waals surface area contributed by atoms with E-state index in [9.17, 15) is 0 Å². The topological polar surface area (TPSA) is 12.5 Å². The quantitative estimate of drug-likeness (QED) is 0.545. The molecule has 1 rings (SSSR count). The third kappa shape index (κ3) is 2.16. The Morgan fingerprint density at radius 1 is 1.78 bits per heavy atom. The monoisotopic (exact) mass is 147 g/mol. The summed E-state index contributed by atoms with van der Waals surface area (Å²) in [6, 6.07) is 0. The van der Waals surface area contributed by atoms with Gasteiger partial charge in [-0.1, -0.05) is 6.92 Å². The normalized spacial score (nSPS) is 30.7. The molecule has 0 aromatic heterocycles. The van der Waals surface area contributed by atoms with Crippen LogP contribution in [0.4, 0.5) is 0 Å². The first-order valence-electron chi connectivity index (χ1n) is 3.35. The fraction of sp³-hybridized carbons (Fsp3) is 1.00. The van der Waals surface area contributed by atoms with Gasteiger partial charge in [0.15, 0.2) is 0 Å². The van der Waals surface area contributed by atoms with Gasteiger partial charge in [-0.05, 0) is 6.54 Å². The summed E-state index contributed by atoms with van der Waals surface area (Å²) in [5.41, 5.74) is 0.138. The Kier molecular flexibility index (Phi) is 2.82. The van der Waals surface area contributed by atoms with Crippen molar-refractivity contribution in [3.63, 3.8) is 0 Å². The van der Waals surface area contributed by atoms with Crippen LogP contribution < -0.4 is 0 Å². The van der Waals surface area contributed by atoms with Gasteiger partial charge in [-0.3, -0.25) is 4.90 Å². The van der Waals surface area contributed by atoms with E-state index < -0.39 is 0 Å². The number of nitrogens with zero attached hydrogens (tertiary/aromatic N) is 1. The van der Waals surface area contributed by atoms with Crippen molar-refractivity contribution in [2.75, 3.05) is 26.2 Å². The van der Waals surface area contributed by atoms with Crippen LogP contribution in [0.15, 0.2) is 0 Å². The predicted molar refractivity (Wildman–Crippen MR) is 40.8 cm³/mol. The lowest BCUT2D eigenvalue weighted by Crippen LogP contribution is -2.39. The van der Waals surface area contributed by atoms with Crippen LogP contribution in [0, 0.1) is 0 Å². The summed E-state index contributed by atoms with van der Waals surface area (Å²) in [5, 5.41) is 0. The second kappa shape index (κ2) is 3.44. The largest absolute Gasteiger partial charge is 0.365 e. The SMILES string of the molecule is CCN1CCOC(S)C1. The highest BCUT2D eigenvalue weighted by molar-refractivity contribution is 7.80. The Morgan fingerprint density at radius 3 is 3.00 bits per heavy atom. The summed E-state index contributed by atoms with van der Waals surface area (Å²) in [7, 11) is 0. The van der Waals surface area contributed by atoms with Crippen molar-refractivity contribution in [1.29, 1.82) is 0 Å². The maximum atomic E-state index is 5.23. The Bertz CT molecular complexity index is 89.1. The molecule has 1 aliphatic rings. The van der Waals surface area contributed by atoms with Crippen LogP contribution in [0.2, 0.25) is 0 Å². The Labute approximate surface area is 61.6 Å². The molecule has 54 valence electrons. The minimum atomic E-state index is 0.138. The van der Waals surface area contributed by atoms with E-state index in [4.69, 9.17) is 4.74 Å². The van der Waals surface area contributed by atoms with Crippen molar-refractivity contribution in [2.45, 2.75) is 12.4 Å². The zero-order valence-corrected chi connectivity index (χ0v) is 6.60. The number of ether oxygens (including phenoxy) is 1. The summed E-state index contributed by atoms with van der Waals surface area (Å²) < 4.78 is 5.23. The molecule has 2 nitrogen and oxygen atoms in total. The molecule has 9 heavy (non-hydrogen) atoms. The minimum absolute atomic E-state index is 0.138. The van der Waals surface area contributed by atoms with Crippen molar-refractivity contribution in [2.24, 2.45) is 0 Å². The van der Waals surface area contributed by atoms with Crippen molar-refractivity contribution in [3.05, 3.63) is 0 Å². The molecule has 1 saturated heterocycles. The number of hydrogen-bond donors (Lipinski definition) is 1. The Hall–Kier alpha value is 0.270. The summed E-state index contributed by atoms with van der Waals surface area (Å²) >= 11 is 4.21. The molecule has 0 radical (unpaired) electrons. The maximum Gasteiger partial charge on any atom is 0.113 e. The lowest BCUT2D eigenvalue weighted by atomic mass is 10.4. The Balaban J connectivity index is 2.23. The number of rotatable bonds is 1. The molecule has 1 atom stereocenters. The van der Waals surface area contributed by atoms with Crippen LogP contribution in [-0.2, 0) is 4.74 Å². The third-order valence-electron chi connectivity index (χ3n) is 1.58. The van der Waals surface area contributed by atoms with Crippen LogP contribution in [0.5, 0.6) is 0 Å². The average molecular weight is 147 g/mol. The van der Waals surface area contributed by atoms with Crippen molar-refractivity contribution in [1.82, 2.24) is 4.90 Å². The van der Waals surface area contributed by atoms with Gasteiger partial charge in [-0.2, -0.15) is 0 Å². The van der Waals surface area contributed by atoms with Crippen molar-refractivity contribution >= 4 is 12.6 Å². The zero-order valence-electron chi connectivity index (χ0n) is 5.71. The van der Waals surface area contributed by atoms with Gasteiger partial charge >= 0.3 is 0 Å². The molecule has 0 aromatic rings. The molecular formula is C6H13NOS. The second-order valence-electron chi connectivity index (χ2n) is 2.22. The lowest BCUT2D eigenvalue weighted by molar-refractivity contribution is 0.0216. The molecule has 1 unspecified atom stereocenters. The first-order chi connectivity index (χ1) is 4.33. The third-order valence-corrected chi connectivity index (χ3v) is 1.89. The highest BCUT2D eigenvalue weighted by Crippen LogP contribution is 2.06. The molecule has 1 heterocycles. The van der Waals surface area contributed by atoms with Crippen LogP contribution in [-0.4, -0.2) is 36.6 Å². The number of hydrogen-bond acceptors (Lipinski definition) is 3. The van der Waals surface area contributed by atoms with Gasteiger partial charge in [0.05, 0.1) is 6.61 Å². The van der Waals surface area contributed by atoms with Gasteiger partial charge in [0.2, 0.25) is 0 Å². The number of likely N-dealkylation sites (N-methyl/N-ethyl adjacent to an activating group) is 1. The van der Waals surface area contributed by atoms with E-state index in [0.717, 1.165) is 26.2 Å². The average Bonchev–Trinajstić information content (AvgIpc) is 1.88. The molecular weight excluding hydrogens is 134 g/mol. The maximum absolute atomic E-state index is 5.23. The molecule has 0 aliphatic carbocycles. The highest BCUT2D eigenvalue weighted by Gasteiger charge is 2.14. The van der Waals surface area contributed by atoms with E-state index in [1.54, 1.807) is 0 Å². The first-order valence-corrected chi connectivity index (χ1v) is 3.86. The Morgan fingerprint density at radius 2 is 2.56 bits per heavy atom. The lowest BCUT2D eigenvalue weighted by Gasteiger charge is -2.29. The van der Waals surface area contributed by atoms with Gasteiger partial charge < -0.3 is 4.74 Å². The second-order valence-corrected chi connectivity index (χ2v) is 2.79. The number of thiol groups is 1. The first kappa shape index (κ1) is 7.38. The van der Waals surface area contributed by atoms with Gasteiger partial charge in [-0.25, -0.2) is 0 Å². The highest BCUT2D eigenvalue weighted by atomic mass is 32.1. The molecule has 0 amide bonds. The van der Waals surface area contributed by atoms with Gasteiger partial charge in [-0.15, -0.1) is 12.6 Å². The minimum Gasteiger partial charge on any atom is -0.365 e. The van der Waals surface area contributed by atoms with Gasteiger partial charge in [0.25, 0.3) is 0 Å². The molecule has 0 saturated carbocycles. The van der Waals surface area contributed by atoms with Crippen molar-refractivity contribution < 1.29 is 4.74 Å². The zero-order chi connectivity index (χ0) is 6.69. The standard InChI is InChI=1S/C6H13NOS/c1-2-7-3-4-8-6(9)5-7/h6,9H,2-5H2,1H3. The smallest absolute Gasteiger partial charge is 0.113 e. The molecule has 0 spiro atoms. The van der Waals surface area contributed by atoms with E-state index in [-0.39, 0.29) is 5.44 Å². The van der Waals surface area contributed by atoms with Crippen LogP contribution in [0.3, 0.4) is 0 Å². The van der Waals surface area contributed by atoms with Crippen LogP contribution in [0.25, 0.3) is 0 Å². The summed E-state index contributed by atoms with van der Waals surface area (Å²) in [6.45, 7) is 6.14. The molecule has 3 heteroatoms. The van der Waals surface area contributed by atoms with E-state index in [0.29, 0.717) is 0 Å². The van der Waals surface area contributed by atoms with Crippen molar-refractivity contribution in [3.8, 4) is 0 Å². The molecule has 0 aromatic carbocycles. The van der Waals surface area contributed by atoms with Crippen LogP contribution in [0.1, 0.15) is 6.92 Å². The fourth-order valence-corrected chi connectivity index (χ4v) is 1.31. The fourth-order valence-electron chi connectivity index (χ4n) is 0.970. The summed E-state index contributed by atoms with van der Waals surface area (Å²) in [4.78, 5) is 2.33.